The van der Waals surface area contributed by atoms with Gasteiger partial charge in [0.2, 0.25) is 0 Å². The largest absolute Gasteiger partial charge is 0.313 e. The first kappa shape index (κ1) is 18.1. The van der Waals surface area contributed by atoms with Crippen LogP contribution >= 0.6 is 27.7 Å². The van der Waals surface area contributed by atoms with Gasteiger partial charge in [-0.2, -0.15) is 16.9 Å². The maximum atomic E-state index is 4.49. The van der Waals surface area contributed by atoms with E-state index in [0.29, 0.717) is 10.8 Å². The van der Waals surface area contributed by atoms with E-state index in [2.05, 4.69) is 54.0 Å². The average molecular weight is 362 g/mol. The van der Waals surface area contributed by atoms with Crippen LogP contribution in [0.25, 0.3) is 0 Å². The molecule has 1 N–H and O–H groups in total. The molecule has 0 saturated heterocycles. The van der Waals surface area contributed by atoms with Gasteiger partial charge in [-0.15, -0.1) is 0 Å². The number of aryl methyl sites for hydroxylation is 2. The SMILES string of the molecule is CCCNC(CSC(C)(C)C)Cc1c(Br)c(C)nn1C. The minimum absolute atomic E-state index is 0.311. The third-order valence-electron chi connectivity index (χ3n) is 3.10. The Morgan fingerprint density at radius 3 is 2.50 bits per heavy atom. The van der Waals surface area contributed by atoms with Crippen LogP contribution in [-0.4, -0.2) is 32.9 Å². The van der Waals surface area contributed by atoms with Crippen LogP contribution < -0.4 is 5.32 Å². The molecule has 3 nitrogen and oxygen atoms in total. The summed E-state index contributed by atoms with van der Waals surface area (Å²) >= 11 is 5.69. The predicted octanol–water partition coefficient (Wildman–Crippen LogP) is 3.93. The lowest BCUT2D eigenvalue weighted by molar-refractivity contribution is 0.529. The summed E-state index contributed by atoms with van der Waals surface area (Å²) in [6.07, 6.45) is 2.18. The summed E-state index contributed by atoms with van der Waals surface area (Å²) < 4.78 is 3.47. The Kier molecular flexibility index (Phi) is 7.09. The van der Waals surface area contributed by atoms with Gasteiger partial charge in [0.15, 0.2) is 0 Å². The van der Waals surface area contributed by atoms with Crippen molar-refractivity contribution in [2.45, 2.75) is 58.2 Å². The molecule has 0 aliphatic carbocycles. The van der Waals surface area contributed by atoms with Crippen LogP contribution in [-0.2, 0) is 13.5 Å². The number of nitrogens with zero attached hydrogens (tertiary/aromatic N) is 2. The van der Waals surface area contributed by atoms with Crippen molar-refractivity contribution in [2.75, 3.05) is 12.3 Å². The molecule has 0 fully saturated rings. The topological polar surface area (TPSA) is 29.9 Å². The Balaban J connectivity index is 2.73. The lowest BCUT2D eigenvalue weighted by Gasteiger charge is -2.24. The summed E-state index contributed by atoms with van der Waals surface area (Å²) in [4.78, 5) is 0. The highest BCUT2D eigenvalue weighted by atomic mass is 79.9. The van der Waals surface area contributed by atoms with Gasteiger partial charge in [-0.1, -0.05) is 27.7 Å². The number of nitrogens with one attached hydrogen (secondary N) is 1. The second-order valence-corrected chi connectivity index (χ2v) is 8.89. The standard InChI is InChI=1S/C15H28BrN3S/c1-7-8-17-12(10-20-15(3,4)5)9-13-14(16)11(2)18-19(13)6/h12,17H,7-10H2,1-6H3. The van der Waals surface area contributed by atoms with Crippen molar-refractivity contribution in [3.8, 4) is 0 Å². The molecule has 1 heterocycles. The highest BCUT2D eigenvalue weighted by molar-refractivity contribution is 9.10. The monoisotopic (exact) mass is 361 g/mol. The lowest BCUT2D eigenvalue weighted by Crippen LogP contribution is -2.35. The van der Waals surface area contributed by atoms with Crippen LogP contribution in [0.15, 0.2) is 4.47 Å². The predicted molar refractivity (Wildman–Crippen MR) is 93.6 cm³/mol. The van der Waals surface area contributed by atoms with Crippen LogP contribution in [0.5, 0.6) is 0 Å². The molecule has 0 saturated carbocycles. The Hall–Kier alpha value is 0. The van der Waals surface area contributed by atoms with Crippen molar-refractivity contribution >= 4 is 27.7 Å². The van der Waals surface area contributed by atoms with Crippen molar-refractivity contribution in [3.63, 3.8) is 0 Å². The fourth-order valence-corrected chi connectivity index (χ4v) is 3.46. The lowest BCUT2D eigenvalue weighted by atomic mass is 10.1. The number of thioether (sulfide) groups is 1. The molecular formula is C15H28BrN3S. The summed E-state index contributed by atoms with van der Waals surface area (Å²) in [6.45, 7) is 12.2. The third-order valence-corrected chi connectivity index (χ3v) is 5.57. The molecule has 1 aromatic rings. The summed E-state index contributed by atoms with van der Waals surface area (Å²) in [6, 6.07) is 0.491. The van der Waals surface area contributed by atoms with Crippen molar-refractivity contribution < 1.29 is 0 Å². The van der Waals surface area contributed by atoms with Gasteiger partial charge in [-0.05, 0) is 35.8 Å². The van der Waals surface area contributed by atoms with Crippen molar-refractivity contribution in [1.29, 1.82) is 0 Å². The minimum atomic E-state index is 0.311. The maximum Gasteiger partial charge on any atom is 0.0738 e. The van der Waals surface area contributed by atoms with Gasteiger partial charge in [0.25, 0.3) is 0 Å². The van der Waals surface area contributed by atoms with E-state index in [-0.39, 0.29) is 0 Å². The Labute approximate surface area is 136 Å². The molecule has 1 unspecified atom stereocenters. The minimum Gasteiger partial charge on any atom is -0.313 e. The first-order valence-corrected chi connectivity index (χ1v) is 9.07. The summed E-state index contributed by atoms with van der Waals surface area (Å²) in [5.41, 5.74) is 2.35. The highest BCUT2D eigenvalue weighted by Gasteiger charge is 2.19. The first-order chi connectivity index (χ1) is 9.24. The smallest absolute Gasteiger partial charge is 0.0738 e. The molecule has 5 heteroatoms. The maximum absolute atomic E-state index is 4.49. The van der Waals surface area contributed by atoms with Gasteiger partial charge in [0.1, 0.15) is 0 Å². The molecule has 0 aromatic carbocycles. The van der Waals surface area contributed by atoms with Gasteiger partial charge in [0, 0.05) is 30.0 Å². The zero-order valence-corrected chi connectivity index (χ0v) is 16.0. The zero-order chi connectivity index (χ0) is 15.3. The average Bonchev–Trinajstić information content (AvgIpc) is 2.57. The molecule has 0 aliphatic heterocycles. The van der Waals surface area contributed by atoms with Crippen molar-refractivity contribution in [2.24, 2.45) is 7.05 Å². The van der Waals surface area contributed by atoms with E-state index in [9.17, 15) is 0 Å². The van der Waals surface area contributed by atoms with Crippen LogP contribution in [0.1, 0.15) is 45.5 Å². The van der Waals surface area contributed by atoms with Gasteiger partial charge >= 0.3 is 0 Å². The molecule has 1 aromatic heterocycles. The molecule has 1 rings (SSSR count). The van der Waals surface area contributed by atoms with Crippen LogP contribution in [0.3, 0.4) is 0 Å². The second-order valence-electron chi connectivity index (χ2n) is 6.25. The highest BCUT2D eigenvalue weighted by Crippen LogP contribution is 2.26. The number of hydrogen-bond donors (Lipinski definition) is 1. The normalized spacial score (nSPS) is 13.8. The van der Waals surface area contributed by atoms with E-state index in [1.54, 1.807) is 0 Å². The number of aromatic nitrogens is 2. The van der Waals surface area contributed by atoms with Crippen molar-refractivity contribution in [1.82, 2.24) is 15.1 Å². The molecule has 0 spiro atoms. The van der Waals surface area contributed by atoms with Gasteiger partial charge in [-0.3, -0.25) is 4.68 Å². The molecule has 0 aliphatic rings. The van der Waals surface area contributed by atoms with Gasteiger partial charge < -0.3 is 5.32 Å². The van der Waals surface area contributed by atoms with E-state index >= 15 is 0 Å². The van der Waals surface area contributed by atoms with E-state index in [1.165, 1.54) is 12.1 Å². The Morgan fingerprint density at radius 1 is 1.40 bits per heavy atom. The van der Waals surface area contributed by atoms with Gasteiger partial charge in [-0.25, -0.2) is 0 Å². The summed E-state index contributed by atoms with van der Waals surface area (Å²) in [5.74, 6) is 1.13. The molecule has 0 bridgehead atoms. The first-order valence-electron chi connectivity index (χ1n) is 7.30. The quantitative estimate of drug-likeness (QED) is 0.797. The molecule has 0 radical (unpaired) electrons. The van der Waals surface area contributed by atoms with Gasteiger partial charge in [0.05, 0.1) is 15.9 Å². The van der Waals surface area contributed by atoms with Crippen molar-refractivity contribution in [3.05, 3.63) is 15.9 Å². The van der Waals surface area contributed by atoms with Crippen LogP contribution in [0, 0.1) is 6.92 Å². The summed E-state index contributed by atoms with van der Waals surface area (Å²) in [7, 11) is 2.03. The summed E-state index contributed by atoms with van der Waals surface area (Å²) in [5, 5.41) is 8.16. The van der Waals surface area contributed by atoms with E-state index in [1.807, 2.05) is 30.4 Å². The molecule has 116 valence electrons. The number of rotatable bonds is 7. The fourth-order valence-electron chi connectivity index (χ4n) is 2.02. The van der Waals surface area contributed by atoms with E-state index in [4.69, 9.17) is 0 Å². The van der Waals surface area contributed by atoms with E-state index < -0.39 is 0 Å². The zero-order valence-electron chi connectivity index (χ0n) is 13.6. The Morgan fingerprint density at radius 2 is 2.05 bits per heavy atom. The van der Waals surface area contributed by atoms with E-state index in [0.717, 1.165) is 28.9 Å². The fraction of sp³-hybridized carbons (Fsp3) is 0.800. The van der Waals surface area contributed by atoms with Crippen LogP contribution in [0.2, 0.25) is 0 Å². The molecule has 0 amide bonds. The third kappa shape index (κ3) is 5.78. The number of halogens is 1. The molecular weight excluding hydrogens is 334 g/mol. The second kappa shape index (κ2) is 7.85. The molecule has 1 atom stereocenters. The Bertz CT molecular complexity index is 423. The molecule has 20 heavy (non-hydrogen) atoms. The number of hydrogen-bond acceptors (Lipinski definition) is 3. The van der Waals surface area contributed by atoms with Crippen LogP contribution in [0.4, 0.5) is 0 Å².